The van der Waals surface area contributed by atoms with Crippen LogP contribution in [0.25, 0.3) is 0 Å². The molecule has 1 saturated carbocycles. The minimum atomic E-state index is -0.515. The third kappa shape index (κ3) is 4.71. The lowest BCUT2D eigenvalue weighted by molar-refractivity contribution is -0.116. The first kappa shape index (κ1) is 19.9. The highest BCUT2D eigenvalue weighted by Gasteiger charge is 2.35. The Labute approximate surface area is 164 Å². The summed E-state index contributed by atoms with van der Waals surface area (Å²) in [7, 11) is 1.59. The zero-order valence-electron chi connectivity index (χ0n) is 16.7. The van der Waals surface area contributed by atoms with Crippen LogP contribution < -0.4 is 15.5 Å². The van der Waals surface area contributed by atoms with Crippen LogP contribution in [0.15, 0.2) is 18.3 Å². The molecule has 0 aromatic carbocycles. The van der Waals surface area contributed by atoms with Gasteiger partial charge < -0.3 is 20.3 Å². The number of amides is 4. The zero-order chi connectivity index (χ0) is 20.5. The first-order valence-electron chi connectivity index (χ1n) is 9.42. The van der Waals surface area contributed by atoms with E-state index in [9.17, 15) is 14.4 Å². The number of rotatable bonds is 4. The normalized spacial score (nSPS) is 22.6. The number of imide groups is 1. The first-order chi connectivity index (χ1) is 13.1. The monoisotopic (exact) mass is 389 g/mol. The largest absolute Gasteiger partial charge is 0.444 e. The van der Waals surface area contributed by atoms with Crippen LogP contribution in [0.2, 0.25) is 0 Å². The molecular formula is C19H27N5O4. The highest BCUT2D eigenvalue weighted by atomic mass is 16.6. The molecule has 2 heterocycles. The third-order valence-corrected chi connectivity index (χ3v) is 4.65. The Balaban J connectivity index is 1.52. The molecule has 2 fully saturated rings. The van der Waals surface area contributed by atoms with Gasteiger partial charge in [0, 0.05) is 19.1 Å². The van der Waals surface area contributed by atoms with Gasteiger partial charge in [-0.25, -0.2) is 19.5 Å². The minimum absolute atomic E-state index is 0.0574. The summed E-state index contributed by atoms with van der Waals surface area (Å²) in [5, 5.41) is 6.24. The quantitative estimate of drug-likeness (QED) is 0.766. The topological polar surface area (TPSA) is 104 Å². The highest BCUT2D eigenvalue weighted by molar-refractivity contribution is 6.19. The van der Waals surface area contributed by atoms with Crippen molar-refractivity contribution in [3.05, 3.63) is 18.3 Å². The summed E-state index contributed by atoms with van der Waals surface area (Å²) < 4.78 is 5.29. The molecule has 2 atom stereocenters. The van der Waals surface area contributed by atoms with Crippen molar-refractivity contribution in [2.45, 2.75) is 57.7 Å². The van der Waals surface area contributed by atoms with Gasteiger partial charge in [-0.15, -0.1) is 0 Å². The molecule has 0 radical (unpaired) electrons. The maximum absolute atomic E-state index is 12.0. The van der Waals surface area contributed by atoms with Crippen molar-refractivity contribution in [2.24, 2.45) is 0 Å². The molecule has 3 rings (SSSR count). The molecule has 0 unspecified atom stereocenters. The average molecular weight is 389 g/mol. The Morgan fingerprint density at radius 1 is 1.21 bits per heavy atom. The number of nitrogens with one attached hydrogen (secondary N) is 2. The molecule has 1 aliphatic carbocycles. The zero-order valence-corrected chi connectivity index (χ0v) is 16.7. The van der Waals surface area contributed by atoms with Gasteiger partial charge in [0.05, 0.1) is 11.9 Å². The van der Waals surface area contributed by atoms with Gasteiger partial charge in [-0.2, -0.15) is 0 Å². The second kappa shape index (κ2) is 7.65. The van der Waals surface area contributed by atoms with Gasteiger partial charge in [-0.1, -0.05) is 0 Å². The second-order valence-electron chi connectivity index (χ2n) is 8.27. The first-order valence-corrected chi connectivity index (χ1v) is 9.42. The molecule has 9 nitrogen and oxygen atoms in total. The summed E-state index contributed by atoms with van der Waals surface area (Å²) in [6.07, 6.45) is 3.65. The molecule has 1 aliphatic heterocycles. The van der Waals surface area contributed by atoms with Gasteiger partial charge in [0.1, 0.15) is 18.0 Å². The Bertz CT molecular complexity index is 759. The van der Waals surface area contributed by atoms with E-state index in [2.05, 4.69) is 15.6 Å². The molecule has 1 aromatic heterocycles. The van der Waals surface area contributed by atoms with Crippen molar-refractivity contribution in [3.8, 4) is 0 Å². The van der Waals surface area contributed by atoms with Gasteiger partial charge >= 0.3 is 12.1 Å². The van der Waals surface area contributed by atoms with E-state index in [1.165, 1.54) is 11.1 Å². The van der Waals surface area contributed by atoms with E-state index in [0.717, 1.165) is 24.2 Å². The lowest BCUT2D eigenvalue weighted by atomic mass is 10.2. The number of ether oxygens (including phenoxy) is 1. The lowest BCUT2D eigenvalue weighted by Gasteiger charge is -2.22. The van der Waals surface area contributed by atoms with Crippen molar-refractivity contribution in [1.82, 2.24) is 15.2 Å². The molecule has 1 saturated heterocycles. The predicted octanol–water partition coefficient (Wildman–Crippen LogP) is 2.34. The van der Waals surface area contributed by atoms with Crippen molar-refractivity contribution in [1.29, 1.82) is 0 Å². The van der Waals surface area contributed by atoms with Gasteiger partial charge in [-0.05, 0) is 52.2 Å². The summed E-state index contributed by atoms with van der Waals surface area (Å²) in [6.45, 7) is 5.58. The number of carbonyl (C=O) groups is 3. The fraction of sp³-hybridized carbons (Fsp3) is 0.579. The Kier molecular flexibility index (Phi) is 5.44. The van der Waals surface area contributed by atoms with E-state index in [1.807, 2.05) is 20.8 Å². The van der Waals surface area contributed by atoms with Gasteiger partial charge in [0.25, 0.3) is 5.91 Å². The van der Waals surface area contributed by atoms with E-state index in [-0.39, 0.29) is 30.6 Å². The molecule has 28 heavy (non-hydrogen) atoms. The van der Waals surface area contributed by atoms with E-state index in [4.69, 9.17) is 4.74 Å². The Morgan fingerprint density at radius 2 is 1.93 bits per heavy atom. The van der Waals surface area contributed by atoms with Crippen LogP contribution >= 0.6 is 0 Å². The fourth-order valence-corrected chi connectivity index (χ4v) is 3.40. The van der Waals surface area contributed by atoms with E-state index >= 15 is 0 Å². The van der Waals surface area contributed by atoms with Crippen LogP contribution in [-0.4, -0.2) is 59.2 Å². The molecule has 1 aromatic rings. The van der Waals surface area contributed by atoms with Crippen LogP contribution in [0.4, 0.5) is 21.1 Å². The fourth-order valence-electron chi connectivity index (χ4n) is 3.40. The number of pyridine rings is 1. The summed E-state index contributed by atoms with van der Waals surface area (Å²) in [5.74, 6) is 0.404. The Morgan fingerprint density at radius 3 is 2.50 bits per heavy atom. The summed E-state index contributed by atoms with van der Waals surface area (Å²) >= 11 is 0. The van der Waals surface area contributed by atoms with Crippen LogP contribution in [0.5, 0.6) is 0 Å². The number of aromatic nitrogens is 1. The number of anilines is 2. The van der Waals surface area contributed by atoms with Crippen LogP contribution in [0.1, 0.15) is 40.0 Å². The molecule has 2 aliphatic rings. The summed E-state index contributed by atoms with van der Waals surface area (Å²) in [6, 6.07) is 3.35. The number of alkyl carbamates (subject to hydrolysis) is 1. The predicted molar refractivity (Wildman–Crippen MR) is 104 cm³/mol. The van der Waals surface area contributed by atoms with Crippen LogP contribution in [0, 0.1) is 0 Å². The number of hydrogen-bond donors (Lipinski definition) is 2. The molecule has 0 spiro atoms. The SMILES string of the molecule is CN1CC(=O)N(c2ccc(N[C@H]3CC[C@H](NC(=O)OC(C)(C)C)C3)nc2)C1=O. The standard InChI is InChI=1S/C19H27N5O4/c1-19(2,3)28-17(26)22-13-6-5-12(9-13)21-15-8-7-14(10-20-15)24-16(25)11-23(4)18(24)27/h7-8,10,12-13H,5-6,9,11H2,1-4H3,(H,20,21)(H,22,26)/t12-,13-/m0/s1. The van der Waals surface area contributed by atoms with E-state index in [1.54, 1.807) is 19.2 Å². The van der Waals surface area contributed by atoms with E-state index < -0.39 is 11.7 Å². The van der Waals surface area contributed by atoms with Gasteiger partial charge in [0.2, 0.25) is 0 Å². The minimum Gasteiger partial charge on any atom is -0.444 e. The van der Waals surface area contributed by atoms with Crippen LogP contribution in [-0.2, 0) is 9.53 Å². The molecule has 2 N–H and O–H groups in total. The number of hydrogen-bond acceptors (Lipinski definition) is 6. The van der Waals surface area contributed by atoms with Crippen molar-refractivity contribution in [3.63, 3.8) is 0 Å². The lowest BCUT2D eigenvalue weighted by Crippen LogP contribution is -2.38. The smallest absolute Gasteiger partial charge is 0.407 e. The number of nitrogens with zero attached hydrogens (tertiary/aromatic N) is 3. The van der Waals surface area contributed by atoms with Crippen molar-refractivity contribution < 1.29 is 19.1 Å². The third-order valence-electron chi connectivity index (χ3n) is 4.65. The molecule has 152 valence electrons. The van der Waals surface area contributed by atoms with Gasteiger partial charge in [-0.3, -0.25) is 4.79 Å². The van der Waals surface area contributed by atoms with Crippen molar-refractivity contribution in [2.75, 3.05) is 23.8 Å². The molecule has 4 amide bonds. The molecule has 9 heteroatoms. The highest BCUT2D eigenvalue weighted by Crippen LogP contribution is 2.25. The molecule has 0 bridgehead atoms. The average Bonchev–Trinajstić information content (AvgIpc) is 3.11. The van der Waals surface area contributed by atoms with Crippen molar-refractivity contribution >= 4 is 29.5 Å². The van der Waals surface area contributed by atoms with E-state index in [0.29, 0.717) is 11.5 Å². The number of urea groups is 1. The maximum Gasteiger partial charge on any atom is 0.407 e. The number of carbonyl (C=O) groups excluding carboxylic acids is 3. The number of likely N-dealkylation sites (N-methyl/N-ethyl adjacent to an activating group) is 1. The van der Waals surface area contributed by atoms with Crippen LogP contribution in [0.3, 0.4) is 0 Å². The van der Waals surface area contributed by atoms with Gasteiger partial charge in [0.15, 0.2) is 0 Å². The Hall–Kier alpha value is -2.84. The summed E-state index contributed by atoms with van der Waals surface area (Å²) in [4.78, 5) is 42.7. The maximum atomic E-state index is 12.0. The molecular weight excluding hydrogens is 362 g/mol. The second-order valence-corrected chi connectivity index (χ2v) is 8.27. The summed E-state index contributed by atoms with van der Waals surface area (Å²) in [5.41, 5.74) is -0.0559.